The molecule has 0 bridgehead atoms. The average Bonchev–Trinajstić information content (AvgIpc) is 3.30. The van der Waals surface area contributed by atoms with Gasteiger partial charge < -0.3 is 14.6 Å². The Kier molecular flexibility index (Phi) is 6.78. The first-order chi connectivity index (χ1) is 14.0. The highest BCUT2D eigenvalue weighted by Crippen LogP contribution is 2.32. The Bertz CT molecular complexity index is 780. The number of furan rings is 1. The van der Waals surface area contributed by atoms with Crippen LogP contribution in [0.15, 0.2) is 59.8 Å². The zero-order valence-electron chi connectivity index (χ0n) is 17.4. The van der Waals surface area contributed by atoms with Gasteiger partial charge in [-0.1, -0.05) is 23.8 Å². The first-order valence-corrected chi connectivity index (χ1v) is 10.5. The molecule has 1 fully saturated rings. The van der Waals surface area contributed by atoms with E-state index in [4.69, 9.17) is 4.42 Å². The predicted octanol–water partition coefficient (Wildman–Crippen LogP) is 4.32. The molecule has 2 amide bonds. The van der Waals surface area contributed by atoms with Crippen LogP contribution in [0.5, 0.6) is 0 Å². The minimum absolute atomic E-state index is 0.0397. The summed E-state index contributed by atoms with van der Waals surface area (Å²) in [6.07, 6.45) is 12.8. The van der Waals surface area contributed by atoms with Crippen molar-refractivity contribution in [2.45, 2.75) is 75.9 Å². The van der Waals surface area contributed by atoms with Crippen molar-refractivity contribution in [3.63, 3.8) is 0 Å². The molecule has 1 aromatic heterocycles. The van der Waals surface area contributed by atoms with Gasteiger partial charge in [-0.15, -0.1) is 13.2 Å². The SMILES string of the molecule is C=CC[C@@H]1CC(C)=C[C@@H](CC=C)N1C(=O)CCC1(Cc2ccco2)CCC(=O)N1. The molecular formula is C24H32N2O3. The molecule has 1 unspecified atom stereocenters. The first kappa shape index (κ1) is 21.2. The predicted molar refractivity (Wildman–Crippen MR) is 114 cm³/mol. The minimum Gasteiger partial charge on any atom is -0.469 e. The van der Waals surface area contributed by atoms with E-state index >= 15 is 0 Å². The van der Waals surface area contributed by atoms with Gasteiger partial charge >= 0.3 is 0 Å². The topological polar surface area (TPSA) is 62.6 Å². The third-order valence-corrected chi connectivity index (χ3v) is 6.07. The van der Waals surface area contributed by atoms with Crippen LogP contribution >= 0.6 is 0 Å². The second kappa shape index (κ2) is 9.29. The molecule has 2 aliphatic heterocycles. The smallest absolute Gasteiger partial charge is 0.223 e. The molecule has 1 saturated heterocycles. The lowest BCUT2D eigenvalue weighted by Crippen LogP contribution is -2.50. The van der Waals surface area contributed by atoms with E-state index < -0.39 is 5.54 Å². The normalized spacial score (nSPS) is 26.7. The fourth-order valence-electron chi connectivity index (χ4n) is 4.75. The summed E-state index contributed by atoms with van der Waals surface area (Å²) in [7, 11) is 0. The van der Waals surface area contributed by atoms with Crippen LogP contribution in [0.2, 0.25) is 0 Å². The number of nitrogens with zero attached hydrogens (tertiary/aromatic N) is 1. The van der Waals surface area contributed by atoms with Gasteiger partial charge in [-0.05, 0) is 51.2 Å². The molecule has 0 aliphatic carbocycles. The highest BCUT2D eigenvalue weighted by atomic mass is 16.3. The highest BCUT2D eigenvalue weighted by Gasteiger charge is 2.40. The maximum absolute atomic E-state index is 13.4. The fraction of sp³-hybridized carbons (Fsp3) is 0.500. The summed E-state index contributed by atoms with van der Waals surface area (Å²) in [6, 6.07) is 3.95. The summed E-state index contributed by atoms with van der Waals surface area (Å²) in [6.45, 7) is 9.87. The van der Waals surface area contributed by atoms with E-state index in [1.54, 1.807) is 6.26 Å². The molecule has 1 N–H and O–H groups in total. The number of carbonyl (C=O) groups excluding carboxylic acids is 2. The Morgan fingerprint density at radius 1 is 1.38 bits per heavy atom. The van der Waals surface area contributed by atoms with E-state index in [-0.39, 0.29) is 23.9 Å². The number of rotatable bonds is 9. The molecule has 5 heteroatoms. The van der Waals surface area contributed by atoms with Gasteiger partial charge in [-0.2, -0.15) is 0 Å². The molecule has 0 saturated carbocycles. The van der Waals surface area contributed by atoms with Gasteiger partial charge in [0.1, 0.15) is 5.76 Å². The summed E-state index contributed by atoms with van der Waals surface area (Å²) in [5, 5.41) is 3.13. The molecule has 156 valence electrons. The maximum atomic E-state index is 13.4. The third kappa shape index (κ3) is 5.08. The van der Waals surface area contributed by atoms with E-state index in [2.05, 4.69) is 31.5 Å². The van der Waals surface area contributed by atoms with Gasteiger partial charge in [0.05, 0.1) is 12.3 Å². The number of nitrogens with one attached hydrogen (secondary N) is 1. The van der Waals surface area contributed by atoms with Crippen LogP contribution in [0.25, 0.3) is 0 Å². The largest absolute Gasteiger partial charge is 0.469 e. The highest BCUT2D eigenvalue weighted by molar-refractivity contribution is 5.80. The zero-order chi connectivity index (χ0) is 20.9. The average molecular weight is 397 g/mol. The quantitative estimate of drug-likeness (QED) is 0.632. The molecule has 3 heterocycles. The van der Waals surface area contributed by atoms with Gasteiger partial charge in [-0.25, -0.2) is 0 Å². The van der Waals surface area contributed by atoms with E-state index in [1.807, 2.05) is 29.2 Å². The summed E-state index contributed by atoms with van der Waals surface area (Å²) in [5.74, 6) is 1.02. The molecule has 0 spiro atoms. The van der Waals surface area contributed by atoms with E-state index in [1.165, 1.54) is 5.57 Å². The second-order valence-corrected chi connectivity index (χ2v) is 8.37. The molecule has 2 aliphatic rings. The van der Waals surface area contributed by atoms with Crippen LogP contribution in [0.4, 0.5) is 0 Å². The minimum atomic E-state index is -0.409. The molecule has 1 aromatic rings. The molecule has 0 aromatic carbocycles. The van der Waals surface area contributed by atoms with E-state index in [0.717, 1.165) is 31.4 Å². The Morgan fingerprint density at radius 2 is 2.17 bits per heavy atom. The van der Waals surface area contributed by atoms with Crippen molar-refractivity contribution in [2.24, 2.45) is 0 Å². The maximum Gasteiger partial charge on any atom is 0.223 e. The van der Waals surface area contributed by atoms with Crippen molar-refractivity contribution in [1.82, 2.24) is 10.2 Å². The summed E-state index contributed by atoms with van der Waals surface area (Å²) in [5.41, 5.74) is 0.902. The van der Waals surface area contributed by atoms with Gasteiger partial charge in [0.25, 0.3) is 0 Å². The Labute approximate surface area is 173 Å². The van der Waals surface area contributed by atoms with Gasteiger partial charge in [-0.3, -0.25) is 9.59 Å². The van der Waals surface area contributed by atoms with Crippen molar-refractivity contribution in [1.29, 1.82) is 0 Å². The third-order valence-electron chi connectivity index (χ3n) is 6.07. The second-order valence-electron chi connectivity index (χ2n) is 8.37. The van der Waals surface area contributed by atoms with Crippen molar-refractivity contribution < 1.29 is 14.0 Å². The molecule has 3 atom stereocenters. The molecule has 0 radical (unpaired) electrons. The molecule has 29 heavy (non-hydrogen) atoms. The van der Waals surface area contributed by atoms with Crippen molar-refractivity contribution in [3.8, 4) is 0 Å². The Hall–Kier alpha value is -2.56. The molecule has 5 nitrogen and oxygen atoms in total. The number of hydrogen-bond acceptors (Lipinski definition) is 3. The lowest BCUT2D eigenvalue weighted by Gasteiger charge is -2.41. The number of hydrogen-bond donors (Lipinski definition) is 1. The Balaban J connectivity index is 1.74. The van der Waals surface area contributed by atoms with Crippen LogP contribution < -0.4 is 5.32 Å². The standard InChI is InChI=1S/C24H32N2O3/c1-4-7-19-15-18(3)16-20(8-5-2)26(19)23(28)11-13-24(12-10-22(27)25-24)17-21-9-6-14-29-21/h4-6,9,14-15,19-20H,1-2,7-8,10-13,16-17H2,3H3,(H,25,27)/t19-,20-,24?/m1/s1. The zero-order valence-corrected chi connectivity index (χ0v) is 17.4. The molecular weight excluding hydrogens is 364 g/mol. The van der Waals surface area contributed by atoms with Crippen LogP contribution in [-0.2, 0) is 16.0 Å². The van der Waals surface area contributed by atoms with Crippen molar-refractivity contribution in [2.75, 3.05) is 0 Å². The van der Waals surface area contributed by atoms with Gasteiger partial charge in [0, 0.05) is 30.8 Å². The lowest BCUT2D eigenvalue weighted by atomic mass is 9.86. The number of amides is 2. The van der Waals surface area contributed by atoms with E-state index in [9.17, 15) is 9.59 Å². The number of carbonyl (C=O) groups is 2. The van der Waals surface area contributed by atoms with Gasteiger partial charge in [0.2, 0.25) is 11.8 Å². The molecule has 3 rings (SSSR count). The van der Waals surface area contributed by atoms with Crippen LogP contribution in [0.1, 0.15) is 57.6 Å². The van der Waals surface area contributed by atoms with Crippen LogP contribution in [0, 0.1) is 0 Å². The van der Waals surface area contributed by atoms with Crippen molar-refractivity contribution >= 4 is 11.8 Å². The lowest BCUT2D eigenvalue weighted by molar-refractivity contribution is -0.136. The summed E-state index contributed by atoms with van der Waals surface area (Å²) in [4.78, 5) is 27.3. The first-order valence-electron chi connectivity index (χ1n) is 10.5. The summed E-state index contributed by atoms with van der Waals surface area (Å²) < 4.78 is 5.51. The monoisotopic (exact) mass is 396 g/mol. The summed E-state index contributed by atoms with van der Waals surface area (Å²) >= 11 is 0. The van der Waals surface area contributed by atoms with Crippen molar-refractivity contribution in [3.05, 3.63) is 61.1 Å². The van der Waals surface area contributed by atoms with Crippen LogP contribution in [-0.4, -0.2) is 34.3 Å². The van der Waals surface area contributed by atoms with E-state index in [0.29, 0.717) is 25.7 Å². The Morgan fingerprint density at radius 3 is 2.79 bits per heavy atom. The van der Waals surface area contributed by atoms with Gasteiger partial charge in [0.15, 0.2) is 0 Å². The van der Waals surface area contributed by atoms with Crippen LogP contribution in [0.3, 0.4) is 0 Å². The fourth-order valence-corrected chi connectivity index (χ4v) is 4.75.